The van der Waals surface area contributed by atoms with E-state index in [1.165, 1.54) is 13.2 Å². The maximum Gasteiger partial charge on any atom is 0.341 e. The van der Waals surface area contributed by atoms with Crippen LogP contribution in [0.15, 0.2) is 42.5 Å². The minimum atomic E-state index is -1.12. The van der Waals surface area contributed by atoms with Gasteiger partial charge >= 0.3 is 5.97 Å². The lowest BCUT2D eigenvalue weighted by Gasteiger charge is -2.15. The van der Waals surface area contributed by atoms with E-state index in [4.69, 9.17) is 14.6 Å². The van der Waals surface area contributed by atoms with Crippen LogP contribution in [0.25, 0.3) is 11.4 Å². The van der Waals surface area contributed by atoms with Crippen LogP contribution in [0.5, 0.6) is 11.5 Å². The van der Waals surface area contributed by atoms with Gasteiger partial charge in [-0.2, -0.15) is 0 Å². The van der Waals surface area contributed by atoms with E-state index in [1.54, 1.807) is 12.1 Å². The van der Waals surface area contributed by atoms with E-state index in [0.29, 0.717) is 17.0 Å². The molecule has 0 atom stereocenters. The highest BCUT2D eigenvalue weighted by atomic mass is 16.5. The summed E-state index contributed by atoms with van der Waals surface area (Å²) in [6, 6.07) is 12.0. The van der Waals surface area contributed by atoms with Crippen molar-refractivity contribution < 1.29 is 24.2 Å². The van der Waals surface area contributed by atoms with Gasteiger partial charge < -0.3 is 24.5 Å². The molecule has 0 spiro atoms. The van der Waals surface area contributed by atoms with Crippen LogP contribution in [-0.2, 0) is 17.8 Å². The van der Waals surface area contributed by atoms with Gasteiger partial charge in [-0.05, 0) is 55.3 Å². The first-order valence-electron chi connectivity index (χ1n) is 9.91. The number of anilines is 1. The molecule has 3 aromatic rings. The fourth-order valence-electron chi connectivity index (χ4n) is 3.50. The minimum absolute atomic E-state index is 0.185. The minimum Gasteiger partial charge on any atom is -0.493 e. The zero-order valence-corrected chi connectivity index (χ0v) is 17.0. The van der Waals surface area contributed by atoms with Crippen molar-refractivity contribution in [2.24, 2.45) is 0 Å². The molecule has 0 saturated carbocycles. The first-order chi connectivity index (χ1) is 15.0. The molecule has 1 aromatic heterocycles. The van der Waals surface area contributed by atoms with Gasteiger partial charge in [-0.3, -0.25) is 4.79 Å². The third kappa shape index (κ3) is 4.50. The maximum absolute atomic E-state index is 12.7. The molecular weight excluding hydrogens is 400 g/mol. The molecule has 1 aliphatic rings. The van der Waals surface area contributed by atoms with Crippen molar-refractivity contribution in [2.45, 2.75) is 25.8 Å². The Hall–Kier alpha value is -3.88. The van der Waals surface area contributed by atoms with Crippen molar-refractivity contribution in [3.05, 3.63) is 53.9 Å². The number of aryl methyl sites for hydroxylation is 1. The number of aromatic nitrogens is 3. The fraction of sp³-hybridized carbons (Fsp3) is 0.273. The molecule has 31 heavy (non-hydrogen) atoms. The highest BCUT2D eigenvalue weighted by molar-refractivity contribution is 6.04. The van der Waals surface area contributed by atoms with Crippen molar-refractivity contribution in [1.82, 2.24) is 14.8 Å². The summed E-state index contributed by atoms with van der Waals surface area (Å²) in [6.45, 7) is 0.384. The summed E-state index contributed by atoms with van der Waals surface area (Å²) in [7, 11) is 1.44. The van der Waals surface area contributed by atoms with Gasteiger partial charge in [0.15, 0.2) is 23.9 Å². The van der Waals surface area contributed by atoms with Crippen LogP contribution >= 0.6 is 0 Å². The van der Waals surface area contributed by atoms with Crippen molar-refractivity contribution in [1.29, 1.82) is 0 Å². The van der Waals surface area contributed by atoms with E-state index in [-0.39, 0.29) is 11.7 Å². The smallest absolute Gasteiger partial charge is 0.341 e. The Bertz CT molecular complexity index is 1110. The van der Waals surface area contributed by atoms with Gasteiger partial charge in [-0.1, -0.05) is 0 Å². The first-order valence-corrected chi connectivity index (χ1v) is 9.91. The van der Waals surface area contributed by atoms with E-state index in [9.17, 15) is 9.59 Å². The highest BCUT2D eigenvalue weighted by Gasteiger charge is 2.17. The van der Waals surface area contributed by atoms with Crippen LogP contribution in [0, 0.1) is 0 Å². The molecule has 2 heterocycles. The van der Waals surface area contributed by atoms with Gasteiger partial charge in [0.2, 0.25) is 0 Å². The molecule has 1 aliphatic heterocycles. The molecule has 2 aromatic carbocycles. The third-order valence-corrected chi connectivity index (χ3v) is 5.04. The van der Waals surface area contributed by atoms with Crippen molar-refractivity contribution in [3.8, 4) is 22.9 Å². The molecule has 0 aliphatic carbocycles. The normalized spacial score (nSPS) is 12.7. The number of carboxylic acids is 1. The largest absolute Gasteiger partial charge is 0.493 e. The van der Waals surface area contributed by atoms with E-state index < -0.39 is 12.6 Å². The van der Waals surface area contributed by atoms with Gasteiger partial charge in [0, 0.05) is 29.8 Å². The number of benzene rings is 2. The number of aliphatic carboxylic acids is 1. The zero-order chi connectivity index (χ0) is 21.8. The first kappa shape index (κ1) is 20.4. The Labute approximate surface area is 178 Å². The lowest BCUT2D eigenvalue weighted by Crippen LogP contribution is -2.14. The number of rotatable bonds is 7. The predicted molar refractivity (Wildman–Crippen MR) is 112 cm³/mol. The quantitative estimate of drug-likeness (QED) is 0.601. The van der Waals surface area contributed by atoms with E-state index in [1.807, 2.05) is 24.3 Å². The van der Waals surface area contributed by atoms with Crippen LogP contribution in [0.1, 0.15) is 29.0 Å². The van der Waals surface area contributed by atoms with Gasteiger partial charge in [-0.15, -0.1) is 10.2 Å². The number of methoxy groups -OCH3 is 1. The Morgan fingerprint density at radius 1 is 1.10 bits per heavy atom. The molecule has 0 bridgehead atoms. The number of hydrogen-bond donors (Lipinski definition) is 2. The van der Waals surface area contributed by atoms with Crippen LogP contribution in [0.3, 0.4) is 0 Å². The number of carbonyl (C=O) groups excluding carboxylic acids is 1. The monoisotopic (exact) mass is 422 g/mol. The number of ether oxygens (including phenoxy) is 2. The average Bonchev–Trinajstić information content (AvgIpc) is 3.22. The Balaban J connectivity index is 1.48. The molecule has 9 heteroatoms. The fourth-order valence-corrected chi connectivity index (χ4v) is 3.50. The summed E-state index contributed by atoms with van der Waals surface area (Å²) in [5.74, 6) is 0.909. The van der Waals surface area contributed by atoms with Crippen molar-refractivity contribution in [2.75, 3.05) is 19.0 Å². The predicted octanol–water partition coefficient (Wildman–Crippen LogP) is 3.01. The number of hydrogen-bond acceptors (Lipinski definition) is 6. The second-order valence-corrected chi connectivity index (χ2v) is 7.13. The third-order valence-electron chi connectivity index (χ3n) is 5.04. The number of nitrogens with zero attached hydrogens (tertiary/aromatic N) is 3. The topological polar surface area (TPSA) is 116 Å². The molecular formula is C22H22N4O5. The summed E-state index contributed by atoms with van der Waals surface area (Å²) in [5, 5.41) is 20.2. The van der Waals surface area contributed by atoms with Crippen LogP contribution in [-0.4, -0.2) is 45.5 Å². The van der Waals surface area contributed by atoms with Crippen molar-refractivity contribution >= 4 is 17.6 Å². The summed E-state index contributed by atoms with van der Waals surface area (Å²) in [4.78, 5) is 23.4. The molecule has 2 N–H and O–H groups in total. The molecule has 9 nitrogen and oxygen atoms in total. The molecule has 160 valence electrons. The number of amides is 1. The number of fused-ring (bicyclic) bond motifs is 1. The summed E-state index contributed by atoms with van der Waals surface area (Å²) in [6.07, 6.45) is 3.20. The number of nitrogens with one attached hydrogen (secondary N) is 1. The lowest BCUT2D eigenvalue weighted by atomic mass is 10.1. The van der Waals surface area contributed by atoms with E-state index in [2.05, 4.69) is 20.1 Å². The number of carbonyl (C=O) groups is 2. The van der Waals surface area contributed by atoms with E-state index >= 15 is 0 Å². The lowest BCUT2D eigenvalue weighted by molar-refractivity contribution is -0.139. The SMILES string of the molecule is COc1ccc(C(=O)Nc2ccc(-c3nnc4n3CCCC4)cc2)cc1OCC(=O)O. The molecule has 0 fully saturated rings. The highest BCUT2D eigenvalue weighted by Crippen LogP contribution is 2.29. The van der Waals surface area contributed by atoms with E-state index in [0.717, 1.165) is 43.0 Å². The van der Waals surface area contributed by atoms with Gasteiger partial charge in [0.1, 0.15) is 5.82 Å². The maximum atomic E-state index is 12.7. The molecule has 1 amide bonds. The van der Waals surface area contributed by atoms with Crippen LogP contribution in [0.4, 0.5) is 5.69 Å². The zero-order valence-electron chi connectivity index (χ0n) is 17.0. The second-order valence-electron chi connectivity index (χ2n) is 7.13. The van der Waals surface area contributed by atoms with Gasteiger partial charge in [0.05, 0.1) is 7.11 Å². The Kier molecular flexibility index (Phi) is 5.83. The second kappa shape index (κ2) is 8.86. The molecule has 0 saturated heterocycles. The Morgan fingerprint density at radius 3 is 2.65 bits per heavy atom. The Morgan fingerprint density at radius 2 is 1.90 bits per heavy atom. The van der Waals surface area contributed by atoms with Gasteiger partial charge in [0.25, 0.3) is 5.91 Å². The average molecular weight is 422 g/mol. The van der Waals surface area contributed by atoms with Crippen LogP contribution in [0.2, 0.25) is 0 Å². The van der Waals surface area contributed by atoms with Crippen LogP contribution < -0.4 is 14.8 Å². The molecule has 0 unspecified atom stereocenters. The van der Waals surface area contributed by atoms with Gasteiger partial charge in [-0.25, -0.2) is 4.79 Å². The number of carboxylic acid groups (broad SMARTS) is 1. The summed E-state index contributed by atoms with van der Waals surface area (Å²) in [5.41, 5.74) is 1.88. The summed E-state index contributed by atoms with van der Waals surface area (Å²) >= 11 is 0. The molecule has 0 radical (unpaired) electrons. The van der Waals surface area contributed by atoms with Crippen molar-refractivity contribution in [3.63, 3.8) is 0 Å². The summed E-state index contributed by atoms with van der Waals surface area (Å²) < 4.78 is 12.5. The molecule has 4 rings (SSSR count). The standard InChI is InChI=1S/C22H22N4O5/c1-30-17-10-7-15(12-18(17)31-13-20(27)28)22(29)23-16-8-5-14(6-9-16)21-25-24-19-4-2-3-11-26(19)21/h5-10,12H,2-4,11,13H2,1H3,(H,23,29)(H,27,28).